The van der Waals surface area contributed by atoms with Crippen molar-refractivity contribution in [1.29, 1.82) is 0 Å². The van der Waals surface area contributed by atoms with Gasteiger partial charge in [-0.15, -0.1) is 13.2 Å². The van der Waals surface area contributed by atoms with Crippen molar-refractivity contribution < 1.29 is 32.2 Å². The van der Waals surface area contributed by atoms with E-state index in [4.69, 9.17) is 4.74 Å². The Hall–Kier alpha value is -3.34. The fraction of sp³-hybridized carbons (Fsp3) is 0.458. The van der Waals surface area contributed by atoms with E-state index in [9.17, 15) is 22.8 Å². The fourth-order valence-corrected chi connectivity index (χ4v) is 4.69. The second-order valence-electron chi connectivity index (χ2n) is 8.96. The summed E-state index contributed by atoms with van der Waals surface area (Å²) >= 11 is 0. The lowest BCUT2D eigenvalue weighted by Gasteiger charge is -2.23. The van der Waals surface area contributed by atoms with Gasteiger partial charge in [-0.3, -0.25) is 14.7 Å². The molecule has 1 saturated carbocycles. The Balaban J connectivity index is 1.31. The molecular formula is C24H25F3N4O4. The van der Waals surface area contributed by atoms with Crippen LogP contribution >= 0.6 is 0 Å². The molecule has 2 aliphatic heterocycles. The van der Waals surface area contributed by atoms with Gasteiger partial charge in [0.25, 0.3) is 5.91 Å². The summed E-state index contributed by atoms with van der Waals surface area (Å²) in [6.45, 7) is 3.60. The number of urea groups is 1. The van der Waals surface area contributed by atoms with Gasteiger partial charge in [-0.05, 0) is 69.1 Å². The Kier molecular flexibility index (Phi) is 6.04. The summed E-state index contributed by atoms with van der Waals surface area (Å²) in [6, 6.07) is 5.97. The lowest BCUT2D eigenvalue weighted by molar-refractivity contribution is -0.274. The van der Waals surface area contributed by atoms with E-state index in [0.717, 1.165) is 42.2 Å². The van der Waals surface area contributed by atoms with Crippen LogP contribution in [-0.4, -0.2) is 64.9 Å². The van der Waals surface area contributed by atoms with E-state index in [1.807, 2.05) is 0 Å². The summed E-state index contributed by atoms with van der Waals surface area (Å²) in [5, 5.41) is 0. The van der Waals surface area contributed by atoms with Gasteiger partial charge in [0.15, 0.2) is 0 Å². The quantitative estimate of drug-likeness (QED) is 0.522. The number of benzene rings is 1. The predicted molar refractivity (Wildman–Crippen MR) is 119 cm³/mol. The second kappa shape index (κ2) is 9.03. The highest BCUT2D eigenvalue weighted by atomic mass is 19.4. The van der Waals surface area contributed by atoms with Crippen LogP contribution in [0.4, 0.5) is 23.7 Å². The molecule has 0 unspecified atom stereocenters. The molecule has 0 N–H and O–H groups in total. The first-order valence-corrected chi connectivity index (χ1v) is 11.6. The molecule has 3 heterocycles. The number of carbonyl (C=O) groups excluding carboxylic acids is 2. The number of halogens is 3. The van der Waals surface area contributed by atoms with Crippen molar-refractivity contribution in [1.82, 2.24) is 14.8 Å². The van der Waals surface area contributed by atoms with Gasteiger partial charge in [0, 0.05) is 18.3 Å². The van der Waals surface area contributed by atoms with Crippen molar-refractivity contribution in [3.05, 3.63) is 48.3 Å². The van der Waals surface area contributed by atoms with Gasteiger partial charge in [0.05, 0.1) is 18.4 Å². The van der Waals surface area contributed by atoms with E-state index in [1.54, 1.807) is 18.5 Å². The van der Waals surface area contributed by atoms with E-state index in [-0.39, 0.29) is 18.1 Å². The molecule has 5 rings (SSSR count). The molecule has 8 nitrogen and oxygen atoms in total. The molecule has 0 atom stereocenters. The maximum Gasteiger partial charge on any atom is 0.573 e. The van der Waals surface area contributed by atoms with Gasteiger partial charge in [-0.2, -0.15) is 0 Å². The van der Waals surface area contributed by atoms with Gasteiger partial charge >= 0.3 is 12.4 Å². The lowest BCUT2D eigenvalue weighted by atomic mass is 10.2. The third-order valence-corrected chi connectivity index (χ3v) is 6.65. The second-order valence-corrected chi connectivity index (χ2v) is 8.96. The SMILES string of the molecule is O=C1N(c2ccc(OC(F)(F)F)cc2)C(=O)C2(CC2)N1Cc1ccncc1OCCN1CCCC1. The summed E-state index contributed by atoms with van der Waals surface area (Å²) in [5.41, 5.74) is -0.00125. The van der Waals surface area contributed by atoms with E-state index in [2.05, 4.69) is 14.6 Å². The van der Waals surface area contributed by atoms with Crippen molar-refractivity contribution >= 4 is 17.6 Å². The number of imide groups is 1. The Bertz CT molecular complexity index is 1100. The number of nitrogens with zero attached hydrogens (tertiary/aromatic N) is 4. The van der Waals surface area contributed by atoms with Crippen LogP contribution in [0.2, 0.25) is 0 Å². The summed E-state index contributed by atoms with van der Waals surface area (Å²) < 4.78 is 47.2. The van der Waals surface area contributed by atoms with Crippen molar-refractivity contribution in [3.63, 3.8) is 0 Å². The van der Waals surface area contributed by atoms with Gasteiger partial charge in [-0.1, -0.05) is 0 Å². The van der Waals surface area contributed by atoms with Crippen LogP contribution in [0.15, 0.2) is 42.7 Å². The van der Waals surface area contributed by atoms with Crippen LogP contribution < -0.4 is 14.4 Å². The first-order valence-electron chi connectivity index (χ1n) is 11.6. The molecule has 2 aromatic rings. The molecule has 0 radical (unpaired) electrons. The average molecular weight is 490 g/mol. The van der Waals surface area contributed by atoms with Crippen molar-refractivity contribution in [3.8, 4) is 11.5 Å². The van der Waals surface area contributed by atoms with E-state index >= 15 is 0 Å². The number of anilines is 1. The van der Waals surface area contributed by atoms with E-state index in [0.29, 0.717) is 25.2 Å². The van der Waals surface area contributed by atoms with Gasteiger partial charge in [0.2, 0.25) is 0 Å². The maximum absolute atomic E-state index is 13.3. The number of amides is 3. The largest absolute Gasteiger partial charge is 0.573 e. The smallest absolute Gasteiger partial charge is 0.490 e. The van der Waals surface area contributed by atoms with Crippen LogP contribution in [0.5, 0.6) is 11.5 Å². The summed E-state index contributed by atoms with van der Waals surface area (Å²) in [4.78, 5) is 35.6. The Morgan fingerprint density at radius 1 is 1.03 bits per heavy atom. The molecule has 3 aliphatic rings. The third-order valence-electron chi connectivity index (χ3n) is 6.65. The minimum Gasteiger partial charge on any atom is -0.490 e. The molecule has 3 amide bonds. The Morgan fingerprint density at radius 3 is 2.40 bits per heavy atom. The van der Waals surface area contributed by atoms with Gasteiger partial charge in [0.1, 0.15) is 23.6 Å². The van der Waals surface area contributed by atoms with E-state index < -0.39 is 23.7 Å². The molecule has 0 bridgehead atoms. The average Bonchev–Trinajstić information content (AvgIpc) is 3.40. The Labute approximate surface area is 200 Å². The number of hydrogen-bond acceptors (Lipinski definition) is 6. The topological polar surface area (TPSA) is 75.2 Å². The monoisotopic (exact) mass is 490 g/mol. The zero-order chi connectivity index (χ0) is 24.6. The zero-order valence-corrected chi connectivity index (χ0v) is 19.0. The summed E-state index contributed by atoms with van der Waals surface area (Å²) in [7, 11) is 0. The molecular weight excluding hydrogens is 465 g/mol. The first kappa shape index (κ1) is 23.4. The maximum atomic E-state index is 13.3. The molecule has 2 saturated heterocycles. The highest BCUT2D eigenvalue weighted by molar-refractivity contribution is 6.24. The fourth-order valence-electron chi connectivity index (χ4n) is 4.69. The van der Waals surface area contributed by atoms with Crippen molar-refractivity contribution in [2.45, 2.75) is 44.1 Å². The number of ether oxygens (including phenoxy) is 2. The molecule has 186 valence electrons. The number of pyridine rings is 1. The number of aromatic nitrogens is 1. The van der Waals surface area contributed by atoms with Crippen LogP contribution in [-0.2, 0) is 11.3 Å². The van der Waals surface area contributed by atoms with Crippen LogP contribution in [0.25, 0.3) is 0 Å². The molecule has 35 heavy (non-hydrogen) atoms. The van der Waals surface area contributed by atoms with Crippen molar-refractivity contribution in [2.75, 3.05) is 31.1 Å². The molecule has 1 aliphatic carbocycles. The summed E-state index contributed by atoms with van der Waals surface area (Å²) in [6.07, 6.45) is 1.84. The molecule has 1 spiro atoms. The number of alkyl halides is 3. The minimum absolute atomic E-state index is 0.165. The van der Waals surface area contributed by atoms with Crippen molar-refractivity contribution in [2.24, 2.45) is 0 Å². The summed E-state index contributed by atoms with van der Waals surface area (Å²) in [5.74, 6) is -0.238. The normalized spacial score (nSPS) is 19.6. The number of rotatable bonds is 8. The van der Waals surface area contributed by atoms with Crippen LogP contribution in [0, 0.1) is 0 Å². The standard InChI is InChI=1S/C24H25F3N4O4/c25-24(26,27)35-19-5-3-18(4-6-19)31-21(32)23(8-9-23)30(22(31)33)16-17-7-10-28-15-20(17)34-14-13-29-11-1-2-12-29/h3-7,10,15H,1-2,8-9,11-14,16H2. The van der Waals surface area contributed by atoms with Crippen LogP contribution in [0.3, 0.4) is 0 Å². The number of carbonyl (C=O) groups is 2. The first-order chi connectivity index (χ1) is 16.8. The highest BCUT2D eigenvalue weighted by Gasteiger charge is 2.65. The lowest BCUT2D eigenvalue weighted by Crippen LogP contribution is -2.36. The molecule has 11 heteroatoms. The van der Waals surface area contributed by atoms with E-state index in [1.165, 1.54) is 29.9 Å². The van der Waals surface area contributed by atoms with Gasteiger partial charge in [-0.25, -0.2) is 9.69 Å². The molecule has 1 aromatic carbocycles. The predicted octanol–water partition coefficient (Wildman–Crippen LogP) is 3.96. The zero-order valence-electron chi connectivity index (χ0n) is 19.0. The van der Waals surface area contributed by atoms with Gasteiger partial charge < -0.3 is 14.4 Å². The number of hydrogen-bond donors (Lipinski definition) is 0. The third kappa shape index (κ3) is 4.77. The molecule has 3 fully saturated rings. The minimum atomic E-state index is -4.82. The Morgan fingerprint density at radius 2 is 1.74 bits per heavy atom. The van der Waals surface area contributed by atoms with Crippen LogP contribution in [0.1, 0.15) is 31.2 Å². The highest BCUT2D eigenvalue weighted by Crippen LogP contribution is 2.50. The molecule has 1 aromatic heterocycles. The number of likely N-dealkylation sites (tertiary alicyclic amines) is 1.